The molecule has 1 aromatic rings. The van der Waals surface area contributed by atoms with E-state index in [-0.39, 0.29) is 18.1 Å². The number of benzene rings is 1. The molecule has 1 aliphatic heterocycles. The van der Waals surface area contributed by atoms with Crippen molar-refractivity contribution < 1.29 is 23.1 Å². The summed E-state index contributed by atoms with van der Waals surface area (Å²) in [6, 6.07) is 3.05. The first-order chi connectivity index (χ1) is 9.82. The summed E-state index contributed by atoms with van der Waals surface area (Å²) in [5.41, 5.74) is -0.840. The minimum Gasteiger partial charge on any atom is -0.396 e. The molecule has 0 spiro atoms. The minimum absolute atomic E-state index is 0.00316. The number of carbonyl (C=O) groups excluding carboxylic acids is 1. The zero-order valence-electron chi connectivity index (χ0n) is 11.2. The quantitative estimate of drug-likeness (QED) is 0.873. The van der Waals surface area contributed by atoms with Gasteiger partial charge in [-0.15, -0.1) is 0 Å². The first-order valence-electron chi connectivity index (χ1n) is 6.60. The van der Waals surface area contributed by atoms with Crippen molar-refractivity contribution in [3.8, 4) is 0 Å². The van der Waals surface area contributed by atoms with Crippen LogP contribution in [-0.2, 0) is 6.18 Å². The number of aliphatic hydroxyl groups excluding tert-OH is 1. The van der Waals surface area contributed by atoms with Crippen LogP contribution in [0.15, 0.2) is 22.7 Å². The molecular weight excluding hydrogens is 351 g/mol. The number of aliphatic hydroxyl groups is 1. The van der Waals surface area contributed by atoms with Gasteiger partial charge in [-0.3, -0.25) is 4.79 Å². The van der Waals surface area contributed by atoms with Crippen molar-refractivity contribution in [2.45, 2.75) is 19.0 Å². The molecule has 1 N–H and O–H groups in total. The van der Waals surface area contributed by atoms with Crippen LogP contribution in [0, 0.1) is 5.92 Å². The molecule has 1 amide bonds. The number of nitrogens with zero attached hydrogens (tertiary/aromatic N) is 1. The molecular formula is C14H15BrF3NO2. The number of hydrogen-bond acceptors (Lipinski definition) is 2. The lowest BCUT2D eigenvalue weighted by Crippen LogP contribution is -2.41. The van der Waals surface area contributed by atoms with E-state index in [4.69, 9.17) is 0 Å². The Morgan fingerprint density at radius 1 is 1.43 bits per heavy atom. The lowest BCUT2D eigenvalue weighted by molar-refractivity contribution is -0.137. The highest BCUT2D eigenvalue weighted by Gasteiger charge is 2.32. The van der Waals surface area contributed by atoms with Crippen molar-refractivity contribution in [2.75, 3.05) is 19.7 Å². The Balaban J connectivity index is 2.26. The van der Waals surface area contributed by atoms with E-state index in [9.17, 15) is 23.1 Å². The fraction of sp³-hybridized carbons (Fsp3) is 0.500. The SMILES string of the molecule is O=C(c1cc(C(F)(F)F)ccc1Br)N1CCCC(CO)C1. The first kappa shape index (κ1) is 16.3. The molecule has 1 atom stereocenters. The van der Waals surface area contributed by atoms with E-state index in [0.29, 0.717) is 17.6 Å². The molecule has 0 bridgehead atoms. The fourth-order valence-corrected chi connectivity index (χ4v) is 2.85. The Hall–Kier alpha value is -1.08. The molecule has 1 fully saturated rings. The molecule has 1 aliphatic rings. The monoisotopic (exact) mass is 365 g/mol. The number of alkyl halides is 3. The van der Waals surface area contributed by atoms with Gasteiger partial charge in [-0.05, 0) is 52.9 Å². The predicted molar refractivity (Wildman–Crippen MR) is 74.9 cm³/mol. The molecule has 0 aliphatic carbocycles. The third kappa shape index (κ3) is 3.77. The zero-order valence-corrected chi connectivity index (χ0v) is 12.7. The van der Waals surface area contributed by atoms with Gasteiger partial charge in [0, 0.05) is 24.2 Å². The maximum Gasteiger partial charge on any atom is 0.416 e. The molecule has 0 radical (unpaired) electrons. The van der Waals surface area contributed by atoms with Crippen molar-refractivity contribution in [1.29, 1.82) is 0 Å². The number of piperidine rings is 1. The Morgan fingerprint density at radius 2 is 2.14 bits per heavy atom. The van der Waals surface area contributed by atoms with Gasteiger partial charge in [-0.25, -0.2) is 0 Å². The molecule has 0 aromatic heterocycles. The Labute approximate surface area is 128 Å². The smallest absolute Gasteiger partial charge is 0.396 e. The summed E-state index contributed by atoms with van der Waals surface area (Å²) in [6.45, 7) is 0.851. The average molecular weight is 366 g/mol. The number of carbonyl (C=O) groups is 1. The number of rotatable bonds is 2. The van der Waals surface area contributed by atoms with E-state index in [1.54, 1.807) is 0 Å². The topological polar surface area (TPSA) is 40.5 Å². The highest BCUT2D eigenvalue weighted by atomic mass is 79.9. The maximum absolute atomic E-state index is 12.7. The largest absolute Gasteiger partial charge is 0.416 e. The second kappa shape index (κ2) is 6.36. The molecule has 1 heterocycles. The van der Waals surface area contributed by atoms with Gasteiger partial charge in [-0.1, -0.05) is 0 Å². The second-order valence-electron chi connectivity index (χ2n) is 5.13. The number of amides is 1. The van der Waals surface area contributed by atoms with E-state index in [1.165, 1.54) is 11.0 Å². The van der Waals surface area contributed by atoms with Crippen LogP contribution in [0.25, 0.3) is 0 Å². The average Bonchev–Trinajstić information content (AvgIpc) is 2.46. The second-order valence-corrected chi connectivity index (χ2v) is 5.99. The van der Waals surface area contributed by atoms with E-state index in [1.807, 2.05) is 0 Å². The molecule has 3 nitrogen and oxygen atoms in total. The van der Waals surface area contributed by atoms with Gasteiger partial charge < -0.3 is 10.0 Å². The highest BCUT2D eigenvalue weighted by Crippen LogP contribution is 2.32. The number of likely N-dealkylation sites (tertiary alicyclic amines) is 1. The van der Waals surface area contributed by atoms with Crippen LogP contribution in [0.5, 0.6) is 0 Å². The van der Waals surface area contributed by atoms with Gasteiger partial charge >= 0.3 is 6.18 Å². The highest BCUT2D eigenvalue weighted by molar-refractivity contribution is 9.10. The molecule has 116 valence electrons. The van der Waals surface area contributed by atoms with Gasteiger partial charge in [0.25, 0.3) is 5.91 Å². The summed E-state index contributed by atoms with van der Waals surface area (Å²) in [5.74, 6) is -0.446. The molecule has 1 aromatic carbocycles. The van der Waals surface area contributed by atoms with Gasteiger partial charge in [0.05, 0.1) is 11.1 Å². The van der Waals surface area contributed by atoms with Crippen LogP contribution in [-0.4, -0.2) is 35.6 Å². The van der Waals surface area contributed by atoms with Gasteiger partial charge in [0.2, 0.25) is 0 Å². The summed E-state index contributed by atoms with van der Waals surface area (Å²) in [5, 5.41) is 9.17. The summed E-state index contributed by atoms with van der Waals surface area (Å²) in [6.07, 6.45) is -2.91. The third-order valence-electron chi connectivity index (χ3n) is 3.59. The molecule has 0 saturated carbocycles. The summed E-state index contributed by atoms with van der Waals surface area (Å²) in [7, 11) is 0. The molecule has 1 saturated heterocycles. The van der Waals surface area contributed by atoms with Crippen LogP contribution in [0.1, 0.15) is 28.8 Å². The van der Waals surface area contributed by atoms with E-state index in [0.717, 1.165) is 25.0 Å². The van der Waals surface area contributed by atoms with Gasteiger partial charge in [-0.2, -0.15) is 13.2 Å². The fourth-order valence-electron chi connectivity index (χ4n) is 2.43. The van der Waals surface area contributed by atoms with Crippen molar-refractivity contribution in [3.05, 3.63) is 33.8 Å². The summed E-state index contributed by atoms with van der Waals surface area (Å²) < 4.78 is 38.6. The molecule has 2 rings (SSSR count). The molecule has 7 heteroatoms. The predicted octanol–water partition coefficient (Wildman–Crippen LogP) is 3.31. The van der Waals surface area contributed by atoms with E-state index < -0.39 is 17.6 Å². The van der Waals surface area contributed by atoms with Crippen LogP contribution in [0.2, 0.25) is 0 Å². The van der Waals surface area contributed by atoms with Gasteiger partial charge in [0.15, 0.2) is 0 Å². The standard InChI is InChI=1S/C14H15BrF3NO2/c15-12-4-3-10(14(16,17)18)6-11(12)13(21)19-5-1-2-9(7-19)8-20/h3-4,6,9,20H,1-2,5,7-8H2. The Bertz CT molecular complexity index is 533. The first-order valence-corrected chi connectivity index (χ1v) is 7.39. The van der Waals surface area contributed by atoms with Crippen molar-refractivity contribution in [2.24, 2.45) is 5.92 Å². The summed E-state index contributed by atoms with van der Waals surface area (Å²) in [4.78, 5) is 13.9. The molecule has 1 unspecified atom stereocenters. The Morgan fingerprint density at radius 3 is 2.76 bits per heavy atom. The van der Waals surface area contributed by atoms with Crippen molar-refractivity contribution in [3.63, 3.8) is 0 Å². The van der Waals surface area contributed by atoms with Crippen LogP contribution in [0.4, 0.5) is 13.2 Å². The van der Waals surface area contributed by atoms with E-state index >= 15 is 0 Å². The maximum atomic E-state index is 12.7. The number of hydrogen-bond donors (Lipinski definition) is 1. The summed E-state index contributed by atoms with van der Waals surface area (Å²) >= 11 is 3.13. The minimum atomic E-state index is -4.48. The zero-order chi connectivity index (χ0) is 15.6. The number of halogens is 4. The van der Waals surface area contributed by atoms with E-state index in [2.05, 4.69) is 15.9 Å². The lowest BCUT2D eigenvalue weighted by Gasteiger charge is -2.32. The van der Waals surface area contributed by atoms with Crippen LogP contribution >= 0.6 is 15.9 Å². The van der Waals surface area contributed by atoms with Crippen molar-refractivity contribution >= 4 is 21.8 Å². The van der Waals surface area contributed by atoms with Crippen molar-refractivity contribution in [1.82, 2.24) is 4.90 Å². The normalized spacial score (nSPS) is 19.7. The molecule has 21 heavy (non-hydrogen) atoms. The van der Waals surface area contributed by atoms with Gasteiger partial charge in [0.1, 0.15) is 0 Å². The Kier molecular flexibility index (Phi) is 4.93. The lowest BCUT2D eigenvalue weighted by atomic mass is 9.98. The van der Waals surface area contributed by atoms with Crippen LogP contribution < -0.4 is 0 Å². The third-order valence-corrected chi connectivity index (χ3v) is 4.28. The van der Waals surface area contributed by atoms with Crippen LogP contribution in [0.3, 0.4) is 0 Å².